The molecule has 23 heavy (non-hydrogen) atoms. The number of carbonyl (C=O) groups is 1. The molecule has 2 rings (SSSR count). The summed E-state index contributed by atoms with van der Waals surface area (Å²) in [7, 11) is 1.63. The summed E-state index contributed by atoms with van der Waals surface area (Å²) < 4.78 is 5.22. The first-order valence-corrected chi connectivity index (χ1v) is 7.87. The van der Waals surface area contributed by atoms with Gasteiger partial charge in [0.1, 0.15) is 5.75 Å². The average molecular weight is 312 g/mol. The van der Waals surface area contributed by atoms with E-state index in [0.717, 1.165) is 23.3 Å². The largest absolute Gasteiger partial charge is 0.497 e. The van der Waals surface area contributed by atoms with Crippen LogP contribution in [-0.2, 0) is 17.8 Å². The zero-order valence-corrected chi connectivity index (χ0v) is 13.6. The van der Waals surface area contributed by atoms with E-state index in [9.17, 15) is 4.79 Å². The molecule has 0 aliphatic rings. The van der Waals surface area contributed by atoms with Crippen LogP contribution in [0.4, 0.5) is 0 Å². The molecule has 0 spiro atoms. The Kier molecular flexibility index (Phi) is 6.63. The maximum atomic E-state index is 12.7. The van der Waals surface area contributed by atoms with E-state index >= 15 is 0 Å². The second-order valence-electron chi connectivity index (χ2n) is 5.47. The summed E-state index contributed by atoms with van der Waals surface area (Å²) >= 11 is 0. The summed E-state index contributed by atoms with van der Waals surface area (Å²) in [5.74, 6) is 0.877. The quantitative estimate of drug-likeness (QED) is 0.815. The minimum absolute atomic E-state index is 0.107. The Balaban J connectivity index is 2.06. The van der Waals surface area contributed by atoms with Gasteiger partial charge in [0.2, 0.25) is 5.91 Å². The van der Waals surface area contributed by atoms with Crippen LogP contribution in [-0.4, -0.2) is 31.0 Å². The molecule has 0 aliphatic carbocycles. The molecule has 0 aromatic heterocycles. The molecule has 4 nitrogen and oxygen atoms in total. The van der Waals surface area contributed by atoms with Gasteiger partial charge in [-0.3, -0.25) is 4.79 Å². The Hall–Kier alpha value is -2.33. The molecule has 0 saturated heterocycles. The highest BCUT2D eigenvalue weighted by atomic mass is 16.5. The van der Waals surface area contributed by atoms with E-state index in [1.165, 1.54) is 0 Å². The van der Waals surface area contributed by atoms with Crippen molar-refractivity contribution in [2.75, 3.05) is 20.2 Å². The van der Waals surface area contributed by atoms with Crippen LogP contribution in [0.1, 0.15) is 17.5 Å². The van der Waals surface area contributed by atoms with Gasteiger partial charge in [0.15, 0.2) is 0 Å². The van der Waals surface area contributed by atoms with Gasteiger partial charge in [-0.1, -0.05) is 42.5 Å². The second kappa shape index (κ2) is 8.96. The van der Waals surface area contributed by atoms with Crippen LogP contribution in [0.25, 0.3) is 0 Å². The summed E-state index contributed by atoms with van der Waals surface area (Å²) in [4.78, 5) is 14.5. The average Bonchev–Trinajstić information content (AvgIpc) is 2.59. The van der Waals surface area contributed by atoms with E-state index in [0.29, 0.717) is 26.1 Å². The number of carbonyl (C=O) groups excluding carboxylic acids is 1. The first-order chi connectivity index (χ1) is 11.2. The summed E-state index contributed by atoms with van der Waals surface area (Å²) in [5.41, 5.74) is 7.69. The third kappa shape index (κ3) is 5.42. The van der Waals surface area contributed by atoms with E-state index in [4.69, 9.17) is 10.5 Å². The van der Waals surface area contributed by atoms with E-state index < -0.39 is 0 Å². The molecule has 0 saturated carbocycles. The highest BCUT2D eigenvalue weighted by molar-refractivity contribution is 5.78. The zero-order valence-electron chi connectivity index (χ0n) is 13.6. The topological polar surface area (TPSA) is 55.6 Å². The Morgan fingerprint density at radius 1 is 1.09 bits per heavy atom. The molecule has 1 amide bonds. The summed E-state index contributed by atoms with van der Waals surface area (Å²) in [6, 6.07) is 17.7. The standard InChI is InChI=1S/C19H24N2O2/c1-23-18-10-5-9-17(13-18)14-19(22)21(12-6-11-20)15-16-7-3-2-4-8-16/h2-5,7-10,13H,6,11-12,14-15,20H2,1H3. The molecule has 0 atom stereocenters. The molecule has 0 fully saturated rings. The third-order valence-electron chi connectivity index (χ3n) is 3.69. The van der Waals surface area contributed by atoms with Gasteiger partial charge in [-0.15, -0.1) is 0 Å². The monoisotopic (exact) mass is 312 g/mol. The zero-order chi connectivity index (χ0) is 16.5. The fourth-order valence-corrected chi connectivity index (χ4v) is 2.45. The minimum Gasteiger partial charge on any atom is -0.497 e. The molecule has 2 aromatic rings. The van der Waals surface area contributed by atoms with E-state index in [-0.39, 0.29) is 5.91 Å². The summed E-state index contributed by atoms with van der Waals surface area (Å²) in [6.45, 7) is 1.87. The number of hydrogen-bond acceptors (Lipinski definition) is 3. The number of benzene rings is 2. The lowest BCUT2D eigenvalue weighted by atomic mass is 10.1. The SMILES string of the molecule is COc1cccc(CC(=O)N(CCCN)Cc2ccccc2)c1. The van der Waals surface area contributed by atoms with Gasteiger partial charge in [-0.2, -0.15) is 0 Å². The van der Waals surface area contributed by atoms with Gasteiger partial charge in [0, 0.05) is 13.1 Å². The molecule has 0 aliphatic heterocycles. The predicted molar refractivity (Wildman–Crippen MR) is 92.2 cm³/mol. The first kappa shape index (κ1) is 17.0. The lowest BCUT2D eigenvalue weighted by Gasteiger charge is -2.23. The molecule has 0 radical (unpaired) electrons. The lowest BCUT2D eigenvalue weighted by Crippen LogP contribution is -2.33. The van der Waals surface area contributed by atoms with E-state index in [1.54, 1.807) is 7.11 Å². The Morgan fingerprint density at radius 2 is 1.83 bits per heavy atom. The smallest absolute Gasteiger partial charge is 0.227 e. The Morgan fingerprint density at radius 3 is 2.52 bits per heavy atom. The van der Waals surface area contributed by atoms with Gasteiger partial charge >= 0.3 is 0 Å². The molecule has 2 aromatic carbocycles. The van der Waals surface area contributed by atoms with Crippen molar-refractivity contribution < 1.29 is 9.53 Å². The van der Waals surface area contributed by atoms with Crippen LogP contribution in [0.15, 0.2) is 54.6 Å². The molecule has 0 unspecified atom stereocenters. The number of ether oxygens (including phenoxy) is 1. The second-order valence-corrected chi connectivity index (χ2v) is 5.47. The van der Waals surface area contributed by atoms with Crippen molar-refractivity contribution in [2.24, 2.45) is 5.73 Å². The van der Waals surface area contributed by atoms with Gasteiger partial charge in [-0.05, 0) is 36.2 Å². The molecule has 0 heterocycles. The van der Waals surface area contributed by atoms with Crippen LogP contribution in [0.5, 0.6) is 5.75 Å². The van der Waals surface area contributed by atoms with Gasteiger partial charge in [-0.25, -0.2) is 0 Å². The van der Waals surface area contributed by atoms with Gasteiger partial charge in [0.25, 0.3) is 0 Å². The minimum atomic E-state index is 0.107. The molecule has 4 heteroatoms. The normalized spacial score (nSPS) is 10.3. The van der Waals surface area contributed by atoms with Gasteiger partial charge in [0.05, 0.1) is 13.5 Å². The summed E-state index contributed by atoms with van der Waals surface area (Å²) in [5, 5.41) is 0. The fraction of sp³-hybridized carbons (Fsp3) is 0.316. The number of amides is 1. The van der Waals surface area contributed by atoms with Crippen molar-refractivity contribution in [3.8, 4) is 5.75 Å². The van der Waals surface area contributed by atoms with Crippen molar-refractivity contribution >= 4 is 5.91 Å². The molecule has 0 bridgehead atoms. The number of hydrogen-bond donors (Lipinski definition) is 1. The number of nitrogens with two attached hydrogens (primary N) is 1. The van der Waals surface area contributed by atoms with Crippen LogP contribution in [0.3, 0.4) is 0 Å². The maximum absolute atomic E-state index is 12.7. The van der Waals surface area contributed by atoms with Crippen molar-refractivity contribution in [3.05, 3.63) is 65.7 Å². The van der Waals surface area contributed by atoms with Crippen LogP contribution in [0.2, 0.25) is 0 Å². The van der Waals surface area contributed by atoms with Crippen molar-refractivity contribution in [3.63, 3.8) is 0 Å². The van der Waals surface area contributed by atoms with E-state index in [2.05, 4.69) is 0 Å². The van der Waals surface area contributed by atoms with Crippen molar-refractivity contribution in [1.82, 2.24) is 4.90 Å². The van der Waals surface area contributed by atoms with Crippen LogP contribution in [0, 0.1) is 0 Å². The third-order valence-corrected chi connectivity index (χ3v) is 3.69. The number of rotatable bonds is 8. The fourth-order valence-electron chi connectivity index (χ4n) is 2.45. The molecule has 2 N–H and O–H groups in total. The predicted octanol–water partition coefficient (Wildman–Crippen LogP) is 2.62. The lowest BCUT2D eigenvalue weighted by molar-refractivity contribution is -0.131. The highest BCUT2D eigenvalue weighted by Crippen LogP contribution is 2.15. The first-order valence-electron chi connectivity index (χ1n) is 7.87. The van der Waals surface area contributed by atoms with Crippen molar-refractivity contribution in [2.45, 2.75) is 19.4 Å². The number of nitrogens with zero attached hydrogens (tertiary/aromatic N) is 1. The van der Waals surface area contributed by atoms with Crippen LogP contribution >= 0.6 is 0 Å². The Labute approximate surface area is 137 Å². The maximum Gasteiger partial charge on any atom is 0.227 e. The summed E-state index contributed by atoms with van der Waals surface area (Å²) in [6.07, 6.45) is 1.17. The Bertz CT molecular complexity index is 614. The molecule has 122 valence electrons. The highest BCUT2D eigenvalue weighted by Gasteiger charge is 2.14. The molecular weight excluding hydrogens is 288 g/mol. The number of methoxy groups -OCH3 is 1. The van der Waals surface area contributed by atoms with Crippen molar-refractivity contribution in [1.29, 1.82) is 0 Å². The van der Waals surface area contributed by atoms with Gasteiger partial charge < -0.3 is 15.4 Å². The molecular formula is C19H24N2O2. The van der Waals surface area contributed by atoms with Crippen LogP contribution < -0.4 is 10.5 Å². The van der Waals surface area contributed by atoms with E-state index in [1.807, 2.05) is 59.5 Å².